The summed E-state index contributed by atoms with van der Waals surface area (Å²) in [6, 6.07) is 15.4. The van der Waals surface area contributed by atoms with E-state index in [1.807, 2.05) is 18.2 Å². The number of benzene rings is 2. The second-order valence-corrected chi connectivity index (χ2v) is 9.34. The summed E-state index contributed by atoms with van der Waals surface area (Å²) < 4.78 is 29.7. The van der Waals surface area contributed by atoms with Crippen LogP contribution in [0.5, 0.6) is 5.75 Å². The van der Waals surface area contributed by atoms with Gasteiger partial charge >= 0.3 is 0 Å². The van der Waals surface area contributed by atoms with Crippen molar-refractivity contribution >= 4 is 43.1 Å². The Morgan fingerprint density at radius 2 is 1.97 bits per heavy atom. The first-order chi connectivity index (χ1) is 13.9. The Hall–Kier alpha value is -3.17. The molecule has 7 nitrogen and oxygen atoms in total. The third-order valence-electron chi connectivity index (χ3n) is 4.21. The van der Waals surface area contributed by atoms with Gasteiger partial charge in [-0.25, -0.2) is 13.4 Å². The fraction of sp³-hybridized carbons (Fsp3) is 0.100. The van der Waals surface area contributed by atoms with Gasteiger partial charge in [0.05, 0.1) is 15.1 Å². The van der Waals surface area contributed by atoms with Crippen molar-refractivity contribution in [1.82, 2.24) is 9.97 Å². The van der Waals surface area contributed by atoms with Crippen molar-refractivity contribution in [3.8, 4) is 5.75 Å². The Morgan fingerprint density at radius 3 is 2.69 bits per heavy atom. The van der Waals surface area contributed by atoms with Gasteiger partial charge in [-0.2, -0.15) is 0 Å². The van der Waals surface area contributed by atoms with Crippen LogP contribution in [0.4, 0.5) is 5.69 Å². The van der Waals surface area contributed by atoms with Crippen LogP contribution >= 0.6 is 11.3 Å². The number of nitrogens with one attached hydrogen (secondary N) is 2. The molecular weight excluding hydrogens is 410 g/mol. The molecule has 0 saturated heterocycles. The second-order valence-electron chi connectivity index (χ2n) is 6.43. The van der Waals surface area contributed by atoms with E-state index in [2.05, 4.69) is 15.3 Å². The van der Waals surface area contributed by atoms with Gasteiger partial charge in [0.15, 0.2) is 9.84 Å². The minimum Gasteiger partial charge on any atom is -0.489 e. The first-order valence-corrected chi connectivity index (χ1v) is 11.4. The zero-order chi connectivity index (χ0) is 20.4. The molecule has 0 aliphatic heterocycles. The predicted octanol–water partition coefficient (Wildman–Crippen LogP) is 3.86. The van der Waals surface area contributed by atoms with Gasteiger partial charge in [-0.05, 0) is 48.0 Å². The molecule has 0 aliphatic carbocycles. The molecule has 9 heteroatoms. The fourth-order valence-electron chi connectivity index (χ4n) is 2.76. The molecule has 2 aromatic heterocycles. The van der Waals surface area contributed by atoms with Crippen molar-refractivity contribution in [2.45, 2.75) is 11.5 Å². The van der Waals surface area contributed by atoms with Gasteiger partial charge in [-0.3, -0.25) is 4.79 Å². The Labute approximate surface area is 171 Å². The lowest BCUT2D eigenvalue weighted by molar-refractivity contribution is 0.102. The van der Waals surface area contributed by atoms with Gasteiger partial charge in [0, 0.05) is 11.9 Å². The number of hydrogen-bond acceptors (Lipinski definition) is 6. The van der Waals surface area contributed by atoms with Crippen LogP contribution < -0.4 is 10.1 Å². The van der Waals surface area contributed by atoms with E-state index in [0.717, 1.165) is 16.5 Å². The van der Waals surface area contributed by atoms with Gasteiger partial charge < -0.3 is 15.0 Å². The number of carbonyl (C=O) groups is 1. The Balaban J connectivity index is 1.40. The number of thiazole rings is 1. The molecule has 0 unspecified atom stereocenters. The van der Waals surface area contributed by atoms with Gasteiger partial charge in [0.1, 0.15) is 23.7 Å². The number of rotatable bonds is 6. The summed E-state index contributed by atoms with van der Waals surface area (Å²) in [6.45, 7) is 0.282. The monoisotopic (exact) mass is 427 g/mol. The number of aromatic amines is 1. The predicted molar refractivity (Wildman–Crippen MR) is 112 cm³/mol. The molecule has 0 aliphatic rings. The molecule has 2 heterocycles. The van der Waals surface area contributed by atoms with Crippen LogP contribution in [0.25, 0.3) is 10.3 Å². The molecule has 0 spiro atoms. The number of ether oxygens (including phenoxy) is 1. The smallest absolute Gasteiger partial charge is 0.272 e. The van der Waals surface area contributed by atoms with Gasteiger partial charge in [0.2, 0.25) is 0 Å². The zero-order valence-corrected chi connectivity index (χ0v) is 17.0. The number of nitrogens with zero attached hydrogens (tertiary/aromatic N) is 1. The molecule has 0 fully saturated rings. The lowest BCUT2D eigenvalue weighted by Gasteiger charge is -2.09. The quantitative estimate of drug-likeness (QED) is 0.487. The number of carbonyl (C=O) groups excluding carboxylic acids is 1. The molecule has 0 atom stereocenters. The summed E-state index contributed by atoms with van der Waals surface area (Å²) in [5, 5.41) is 2.86. The average molecular weight is 428 g/mol. The van der Waals surface area contributed by atoms with Crippen LogP contribution in [0.3, 0.4) is 0 Å². The highest BCUT2D eigenvalue weighted by atomic mass is 32.2. The van der Waals surface area contributed by atoms with E-state index in [-0.39, 0.29) is 17.4 Å². The lowest BCUT2D eigenvalue weighted by Crippen LogP contribution is -2.12. The molecule has 2 N–H and O–H groups in total. The SMILES string of the molecule is CS(=O)(=O)c1ccc(OCc2cccc(NC(=O)c3cc4scnc4[nH]3)c2)cc1. The van der Waals surface area contributed by atoms with Gasteiger partial charge in [-0.15, -0.1) is 11.3 Å². The molecule has 2 aromatic carbocycles. The highest BCUT2D eigenvalue weighted by molar-refractivity contribution is 7.90. The summed E-state index contributed by atoms with van der Waals surface area (Å²) in [7, 11) is -3.23. The number of aromatic nitrogens is 2. The first-order valence-electron chi connectivity index (χ1n) is 8.64. The molecule has 0 radical (unpaired) electrons. The fourth-order valence-corrected chi connectivity index (χ4v) is 4.06. The summed E-state index contributed by atoms with van der Waals surface area (Å²) in [5.74, 6) is 0.315. The highest BCUT2D eigenvalue weighted by Crippen LogP contribution is 2.21. The van der Waals surface area contributed by atoms with Crippen LogP contribution in [0.1, 0.15) is 16.1 Å². The van der Waals surface area contributed by atoms with Crippen LogP contribution in [-0.2, 0) is 16.4 Å². The number of fused-ring (bicyclic) bond motifs is 1. The van der Waals surface area contributed by atoms with Gasteiger partial charge in [-0.1, -0.05) is 12.1 Å². The van der Waals surface area contributed by atoms with Crippen molar-refractivity contribution in [3.05, 3.63) is 71.4 Å². The van der Waals surface area contributed by atoms with Crippen molar-refractivity contribution in [3.63, 3.8) is 0 Å². The molecule has 1 amide bonds. The van der Waals surface area contributed by atoms with Gasteiger partial charge in [0.25, 0.3) is 5.91 Å². The lowest BCUT2D eigenvalue weighted by atomic mass is 10.2. The van der Waals surface area contributed by atoms with Crippen molar-refractivity contribution < 1.29 is 17.9 Å². The van der Waals surface area contributed by atoms with Crippen molar-refractivity contribution in [1.29, 1.82) is 0 Å². The third-order valence-corrected chi connectivity index (χ3v) is 6.11. The van der Waals surface area contributed by atoms with E-state index in [1.165, 1.54) is 23.5 Å². The van der Waals surface area contributed by atoms with Crippen molar-refractivity contribution in [2.24, 2.45) is 0 Å². The maximum Gasteiger partial charge on any atom is 0.272 e. The minimum atomic E-state index is -3.23. The van der Waals surface area contributed by atoms with Crippen molar-refractivity contribution in [2.75, 3.05) is 11.6 Å². The van der Waals surface area contributed by atoms with E-state index >= 15 is 0 Å². The maximum atomic E-state index is 12.4. The van der Waals surface area contributed by atoms with E-state index in [0.29, 0.717) is 22.8 Å². The summed E-state index contributed by atoms with van der Waals surface area (Å²) in [4.78, 5) is 19.8. The van der Waals surface area contributed by atoms with E-state index < -0.39 is 9.84 Å². The Bertz CT molecular complexity index is 1250. The largest absolute Gasteiger partial charge is 0.489 e. The normalized spacial score (nSPS) is 11.5. The molecule has 148 valence electrons. The average Bonchev–Trinajstić information content (AvgIpc) is 3.28. The number of amides is 1. The second kappa shape index (κ2) is 7.69. The van der Waals surface area contributed by atoms with Crippen LogP contribution in [0.15, 0.2) is 65.0 Å². The van der Waals surface area contributed by atoms with E-state index in [9.17, 15) is 13.2 Å². The van der Waals surface area contributed by atoms with E-state index in [1.54, 1.807) is 29.8 Å². The number of H-pyrrole nitrogens is 1. The van der Waals surface area contributed by atoms with Crippen LogP contribution in [0.2, 0.25) is 0 Å². The summed E-state index contributed by atoms with van der Waals surface area (Å²) in [6.07, 6.45) is 1.16. The molecule has 4 aromatic rings. The number of sulfone groups is 1. The number of hydrogen-bond donors (Lipinski definition) is 2. The molecular formula is C20H17N3O4S2. The molecule has 4 rings (SSSR count). The zero-order valence-electron chi connectivity index (χ0n) is 15.4. The Morgan fingerprint density at radius 1 is 1.17 bits per heavy atom. The van der Waals surface area contributed by atoms with Crippen LogP contribution in [0, 0.1) is 0 Å². The van der Waals surface area contributed by atoms with Crippen LogP contribution in [-0.4, -0.2) is 30.5 Å². The first kappa shape index (κ1) is 19.2. The third kappa shape index (κ3) is 4.47. The van der Waals surface area contributed by atoms with E-state index in [4.69, 9.17) is 4.74 Å². The molecule has 0 bridgehead atoms. The number of anilines is 1. The molecule has 0 saturated carbocycles. The summed E-state index contributed by atoms with van der Waals surface area (Å²) in [5.41, 5.74) is 4.39. The standard InChI is InChI=1S/C20H17N3O4S2/c1-29(25,26)16-7-5-15(6-8-16)27-11-13-3-2-4-14(9-13)22-20(24)17-10-18-19(23-17)21-12-28-18/h2-10,12,23H,11H2,1H3,(H,22,24). The topological polar surface area (TPSA) is 101 Å². The minimum absolute atomic E-state index is 0.244. The highest BCUT2D eigenvalue weighted by Gasteiger charge is 2.12. The Kier molecular flexibility index (Phi) is 5.08. The molecule has 29 heavy (non-hydrogen) atoms. The maximum absolute atomic E-state index is 12.4. The summed E-state index contributed by atoms with van der Waals surface area (Å²) >= 11 is 1.47.